The molecule has 19 heavy (non-hydrogen) atoms. The van der Waals surface area contributed by atoms with Gasteiger partial charge < -0.3 is 9.80 Å². The molecule has 0 aliphatic rings. The van der Waals surface area contributed by atoms with E-state index in [-0.39, 0.29) is 5.28 Å². The van der Waals surface area contributed by atoms with Gasteiger partial charge in [-0.05, 0) is 38.3 Å². The van der Waals surface area contributed by atoms with Gasteiger partial charge in [-0.3, -0.25) is 0 Å². The fourth-order valence-corrected chi connectivity index (χ4v) is 2.06. The lowest BCUT2D eigenvalue weighted by molar-refractivity contribution is 0.607. The average Bonchev–Trinajstić information content (AvgIpc) is 2.36. The van der Waals surface area contributed by atoms with E-state index in [0.29, 0.717) is 17.8 Å². The third-order valence-electron chi connectivity index (χ3n) is 2.88. The van der Waals surface area contributed by atoms with Gasteiger partial charge in [0, 0.05) is 26.2 Å². The molecule has 6 heteroatoms. The van der Waals surface area contributed by atoms with Crippen LogP contribution < -0.4 is 9.80 Å². The normalized spacial score (nSPS) is 10.9. The number of hydrogen-bond acceptors (Lipinski definition) is 5. The minimum absolute atomic E-state index is 0.258. The van der Waals surface area contributed by atoms with E-state index in [4.69, 9.17) is 11.6 Å². The van der Waals surface area contributed by atoms with Gasteiger partial charge in [-0.2, -0.15) is 15.0 Å². The van der Waals surface area contributed by atoms with E-state index in [1.54, 1.807) is 0 Å². The molecular weight excluding hydrogens is 262 g/mol. The summed E-state index contributed by atoms with van der Waals surface area (Å²) in [6, 6.07) is 0. The second-order valence-corrected chi connectivity index (χ2v) is 5.15. The first-order chi connectivity index (χ1) is 9.01. The van der Waals surface area contributed by atoms with Gasteiger partial charge in [0.05, 0.1) is 0 Å². The van der Waals surface area contributed by atoms with Crippen LogP contribution in [0.5, 0.6) is 0 Å². The van der Waals surface area contributed by atoms with Crippen LogP contribution in [0, 0.1) is 5.92 Å². The summed E-state index contributed by atoms with van der Waals surface area (Å²) in [5.41, 5.74) is 0. The molecule has 0 aromatic carbocycles. The van der Waals surface area contributed by atoms with E-state index in [0.717, 1.165) is 26.2 Å². The number of halogens is 1. The van der Waals surface area contributed by atoms with Crippen LogP contribution in [0.2, 0.25) is 5.28 Å². The molecular formula is C13H24ClN5. The summed E-state index contributed by atoms with van der Waals surface area (Å²) in [7, 11) is 0. The summed E-state index contributed by atoms with van der Waals surface area (Å²) in [4.78, 5) is 17.2. The van der Waals surface area contributed by atoms with Crippen LogP contribution in [0.3, 0.4) is 0 Å². The Morgan fingerprint density at radius 2 is 1.37 bits per heavy atom. The Balaban J connectivity index is 3.06. The van der Waals surface area contributed by atoms with Crippen LogP contribution in [0.1, 0.15) is 34.6 Å². The first-order valence-electron chi connectivity index (χ1n) is 6.93. The van der Waals surface area contributed by atoms with Gasteiger partial charge in [0.1, 0.15) is 0 Å². The maximum absolute atomic E-state index is 6.03. The minimum atomic E-state index is 0.258. The van der Waals surface area contributed by atoms with Crippen molar-refractivity contribution in [2.24, 2.45) is 5.92 Å². The van der Waals surface area contributed by atoms with Gasteiger partial charge >= 0.3 is 0 Å². The smallest absolute Gasteiger partial charge is 0.231 e. The van der Waals surface area contributed by atoms with Crippen molar-refractivity contribution in [1.29, 1.82) is 0 Å². The molecule has 1 aromatic heterocycles. The molecule has 0 fully saturated rings. The van der Waals surface area contributed by atoms with E-state index in [2.05, 4.69) is 59.4 Å². The largest absolute Gasteiger partial charge is 0.341 e. The highest BCUT2D eigenvalue weighted by Crippen LogP contribution is 2.17. The van der Waals surface area contributed by atoms with Crippen LogP contribution in [0.4, 0.5) is 11.9 Å². The molecule has 1 rings (SSSR count). The van der Waals surface area contributed by atoms with Gasteiger partial charge in [0.15, 0.2) is 0 Å². The standard InChI is InChI=1S/C13H24ClN5/c1-6-18(7-2)12-15-11(14)16-13(17-12)19(8-3)9-10(4)5/h10H,6-9H2,1-5H3. The monoisotopic (exact) mass is 285 g/mol. The number of rotatable bonds is 7. The van der Waals surface area contributed by atoms with Crippen molar-refractivity contribution in [1.82, 2.24) is 15.0 Å². The molecule has 0 atom stereocenters. The highest BCUT2D eigenvalue weighted by atomic mass is 35.5. The van der Waals surface area contributed by atoms with E-state index in [9.17, 15) is 0 Å². The van der Waals surface area contributed by atoms with Gasteiger partial charge in [0.25, 0.3) is 0 Å². The number of anilines is 2. The van der Waals surface area contributed by atoms with E-state index >= 15 is 0 Å². The molecule has 0 N–H and O–H groups in total. The highest BCUT2D eigenvalue weighted by Gasteiger charge is 2.15. The first kappa shape index (κ1) is 16.0. The number of aromatic nitrogens is 3. The summed E-state index contributed by atoms with van der Waals surface area (Å²) in [6.07, 6.45) is 0. The lowest BCUT2D eigenvalue weighted by Crippen LogP contribution is -2.31. The predicted molar refractivity (Wildman–Crippen MR) is 81.1 cm³/mol. The van der Waals surface area contributed by atoms with Gasteiger partial charge in [-0.25, -0.2) is 0 Å². The summed E-state index contributed by atoms with van der Waals surface area (Å²) < 4.78 is 0. The fraction of sp³-hybridized carbons (Fsp3) is 0.769. The van der Waals surface area contributed by atoms with Crippen molar-refractivity contribution in [2.45, 2.75) is 34.6 Å². The molecule has 1 heterocycles. The lowest BCUT2D eigenvalue weighted by Gasteiger charge is -2.25. The zero-order chi connectivity index (χ0) is 14.4. The Hall–Kier alpha value is -1.10. The topological polar surface area (TPSA) is 45.2 Å². The molecule has 108 valence electrons. The molecule has 0 saturated carbocycles. The van der Waals surface area contributed by atoms with Crippen molar-refractivity contribution in [3.8, 4) is 0 Å². The summed E-state index contributed by atoms with van der Waals surface area (Å²) in [6.45, 7) is 14.1. The molecule has 0 aliphatic carbocycles. The Kier molecular flexibility index (Phi) is 6.28. The van der Waals surface area contributed by atoms with Crippen molar-refractivity contribution in [3.63, 3.8) is 0 Å². The molecule has 0 saturated heterocycles. The lowest BCUT2D eigenvalue weighted by atomic mass is 10.2. The first-order valence-corrected chi connectivity index (χ1v) is 7.30. The SMILES string of the molecule is CCN(CC)c1nc(Cl)nc(N(CC)CC(C)C)n1. The Bertz CT molecular complexity index is 393. The number of nitrogens with zero attached hydrogens (tertiary/aromatic N) is 5. The minimum Gasteiger partial charge on any atom is -0.341 e. The van der Waals surface area contributed by atoms with Crippen molar-refractivity contribution >= 4 is 23.5 Å². The predicted octanol–water partition coefficient (Wildman–Crippen LogP) is 2.85. The van der Waals surface area contributed by atoms with Gasteiger partial charge in [-0.1, -0.05) is 13.8 Å². The molecule has 0 radical (unpaired) electrons. The third kappa shape index (κ3) is 4.49. The van der Waals surface area contributed by atoms with Crippen LogP contribution in [0.25, 0.3) is 0 Å². The second kappa shape index (κ2) is 7.48. The van der Waals surface area contributed by atoms with Crippen molar-refractivity contribution in [3.05, 3.63) is 5.28 Å². The van der Waals surface area contributed by atoms with E-state index in [1.165, 1.54) is 0 Å². The Morgan fingerprint density at radius 3 is 1.79 bits per heavy atom. The molecule has 0 aliphatic heterocycles. The van der Waals surface area contributed by atoms with Gasteiger partial charge in [-0.15, -0.1) is 0 Å². The average molecular weight is 286 g/mol. The molecule has 1 aromatic rings. The zero-order valence-electron chi connectivity index (χ0n) is 12.5. The quantitative estimate of drug-likeness (QED) is 0.771. The molecule has 0 amide bonds. The van der Waals surface area contributed by atoms with Crippen LogP contribution >= 0.6 is 11.6 Å². The Morgan fingerprint density at radius 1 is 0.895 bits per heavy atom. The molecule has 5 nitrogen and oxygen atoms in total. The zero-order valence-corrected chi connectivity index (χ0v) is 13.3. The van der Waals surface area contributed by atoms with Gasteiger partial charge in [0.2, 0.25) is 17.2 Å². The molecule has 0 bridgehead atoms. The second-order valence-electron chi connectivity index (χ2n) is 4.81. The summed E-state index contributed by atoms with van der Waals surface area (Å²) in [5, 5.41) is 0.258. The van der Waals surface area contributed by atoms with E-state index in [1.807, 2.05) is 0 Å². The van der Waals surface area contributed by atoms with E-state index < -0.39 is 0 Å². The van der Waals surface area contributed by atoms with Crippen molar-refractivity contribution < 1.29 is 0 Å². The maximum Gasteiger partial charge on any atom is 0.231 e. The maximum atomic E-state index is 6.03. The summed E-state index contributed by atoms with van der Waals surface area (Å²) >= 11 is 6.03. The Labute approximate surface area is 121 Å². The van der Waals surface area contributed by atoms with Crippen LogP contribution in [0.15, 0.2) is 0 Å². The molecule has 0 spiro atoms. The van der Waals surface area contributed by atoms with Crippen LogP contribution in [-0.4, -0.2) is 41.1 Å². The van der Waals surface area contributed by atoms with Crippen molar-refractivity contribution in [2.75, 3.05) is 36.0 Å². The third-order valence-corrected chi connectivity index (χ3v) is 3.05. The fourth-order valence-electron chi connectivity index (χ4n) is 1.91. The van der Waals surface area contributed by atoms with Crippen LogP contribution in [-0.2, 0) is 0 Å². The number of hydrogen-bond donors (Lipinski definition) is 0. The summed E-state index contributed by atoms with van der Waals surface area (Å²) in [5.74, 6) is 1.87. The molecule has 0 unspecified atom stereocenters. The highest BCUT2D eigenvalue weighted by molar-refractivity contribution is 6.28.